The zero-order chi connectivity index (χ0) is 27.7. The lowest BCUT2D eigenvalue weighted by Crippen LogP contribution is -2.56. The van der Waals surface area contributed by atoms with Gasteiger partial charge in [-0.25, -0.2) is 9.18 Å². The van der Waals surface area contributed by atoms with Gasteiger partial charge in [0.2, 0.25) is 11.8 Å². The summed E-state index contributed by atoms with van der Waals surface area (Å²) < 4.78 is 13.9. The van der Waals surface area contributed by atoms with Crippen molar-refractivity contribution in [2.75, 3.05) is 38.1 Å². The molecule has 3 aliphatic heterocycles. The molecule has 0 bridgehead atoms. The monoisotopic (exact) mass is 535 g/mol. The zero-order valence-corrected chi connectivity index (χ0v) is 23.0. The number of para-hydroxylation sites is 1. The van der Waals surface area contributed by atoms with Crippen molar-refractivity contribution < 1.29 is 18.8 Å². The lowest BCUT2D eigenvalue weighted by Gasteiger charge is -2.39. The largest absolute Gasteiger partial charge is 0.341 e. The van der Waals surface area contributed by atoms with Crippen molar-refractivity contribution in [1.29, 1.82) is 0 Å². The Morgan fingerprint density at radius 3 is 2.44 bits per heavy atom. The molecule has 0 spiro atoms. The van der Waals surface area contributed by atoms with Crippen molar-refractivity contribution in [3.05, 3.63) is 65.5 Å². The Bertz CT molecular complexity index is 1240. The fourth-order valence-corrected chi connectivity index (χ4v) is 6.19. The second-order valence-corrected chi connectivity index (χ2v) is 11.4. The maximum atomic E-state index is 13.9. The SMILES string of the molecule is CN[C@H]1CCN(C(=O)N[C@@H](Cc2cccc(F)c2)C(=O)N2CCC(N3C(=O)C(C)(C)c4ccccc43)CC2)C1. The van der Waals surface area contributed by atoms with Gasteiger partial charge in [0.05, 0.1) is 5.41 Å². The molecule has 2 aromatic carbocycles. The molecular formula is C30H38FN5O3. The minimum absolute atomic E-state index is 0.00353. The van der Waals surface area contributed by atoms with E-state index in [0.29, 0.717) is 44.6 Å². The van der Waals surface area contributed by atoms with Gasteiger partial charge in [0.1, 0.15) is 11.9 Å². The van der Waals surface area contributed by atoms with Crippen LogP contribution in [-0.4, -0.2) is 79.0 Å². The number of hydrogen-bond donors (Lipinski definition) is 2. The third-order valence-electron chi connectivity index (χ3n) is 8.54. The average Bonchev–Trinajstić information content (AvgIpc) is 3.49. The van der Waals surface area contributed by atoms with Gasteiger partial charge in [0.25, 0.3) is 0 Å². The number of likely N-dealkylation sites (tertiary alicyclic amines) is 2. The predicted octanol–water partition coefficient (Wildman–Crippen LogP) is 3.06. The molecule has 2 saturated heterocycles. The first-order chi connectivity index (χ1) is 18.7. The number of carbonyl (C=O) groups excluding carboxylic acids is 3. The van der Waals surface area contributed by atoms with Crippen molar-refractivity contribution in [3.8, 4) is 0 Å². The number of anilines is 1. The molecule has 4 amide bonds. The Morgan fingerprint density at radius 1 is 1.03 bits per heavy atom. The summed E-state index contributed by atoms with van der Waals surface area (Å²) in [5.41, 5.74) is 2.07. The molecule has 0 aromatic heterocycles. The summed E-state index contributed by atoms with van der Waals surface area (Å²) in [4.78, 5) is 45.7. The molecule has 2 aromatic rings. The van der Waals surface area contributed by atoms with Crippen molar-refractivity contribution in [1.82, 2.24) is 20.4 Å². The highest BCUT2D eigenvalue weighted by atomic mass is 19.1. The highest BCUT2D eigenvalue weighted by Crippen LogP contribution is 2.43. The van der Waals surface area contributed by atoms with Crippen LogP contribution in [0, 0.1) is 5.82 Å². The van der Waals surface area contributed by atoms with Gasteiger partial charge in [-0.3, -0.25) is 9.59 Å². The number of nitrogens with one attached hydrogen (secondary N) is 2. The van der Waals surface area contributed by atoms with E-state index in [0.717, 1.165) is 17.7 Å². The summed E-state index contributed by atoms with van der Waals surface area (Å²) in [5.74, 6) is -0.458. The van der Waals surface area contributed by atoms with Crippen LogP contribution in [0.15, 0.2) is 48.5 Å². The second-order valence-electron chi connectivity index (χ2n) is 11.4. The van der Waals surface area contributed by atoms with Crippen LogP contribution in [-0.2, 0) is 21.4 Å². The zero-order valence-electron chi connectivity index (χ0n) is 23.0. The Hall–Kier alpha value is -3.46. The summed E-state index contributed by atoms with van der Waals surface area (Å²) in [6.45, 7) is 6.09. The normalized spacial score (nSPS) is 21.7. The van der Waals surface area contributed by atoms with E-state index in [9.17, 15) is 18.8 Å². The van der Waals surface area contributed by atoms with Gasteiger partial charge in [0, 0.05) is 50.4 Å². The first-order valence-corrected chi connectivity index (χ1v) is 13.9. The van der Waals surface area contributed by atoms with Crippen molar-refractivity contribution in [2.45, 2.75) is 63.1 Å². The maximum Gasteiger partial charge on any atom is 0.318 e. The molecular weight excluding hydrogens is 497 g/mol. The van der Waals surface area contributed by atoms with Crippen LogP contribution in [0.2, 0.25) is 0 Å². The van der Waals surface area contributed by atoms with E-state index in [4.69, 9.17) is 0 Å². The smallest absolute Gasteiger partial charge is 0.318 e. The van der Waals surface area contributed by atoms with Gasteiger partial charge < -0.3 is 25.3 Å². The van der Waals surface area contributed by atoms with E-state index < -0.39 is 11.5 Å². The van der Waals surface area contributed by atoms with E-state index in [1.54, 1.807) is 21.9 Å². The number of carbonyl (C=O) groups is 3. The number of amides is 4. The van der Waals surface area contributed by atoms with Gasteiger partial charge in [-0.2, -0.15) is 0 Å². The Labute approximate surface area is 229 Å². The van der Waals surface area contributed by atoms with Gasteiger partial charge in [-0.05, 0) is 69.5 Å². The highest BCUT2D eigenvalue weighted by Gasteiger charge is 2.47. The molecule has 2 fully saturated rings. The quantitative estimate of drug-likeness (QED) is 0.596. The Balaban J connectivity index is 1.28. The minimum Gasteiger partial charge on any atom is -0.341 e. The molecule has 3 heterocycles. The Kier molecular flexibility index (Phi) is 7.62. The summed E-state index contributed by atoms with van der Waals surface area (Å²) >= 11 is 0. The molecule has 2 N–H and O–H groups in total. The standard InChI is InChI=1S/C30H38FN5O3/c1-30(2)24-9-4-5-10-26(24)36(28(30)38)23-12-15-34(16-13-23)27(37)25(18-20-7-6-8-21(31)17-20)33-29(39)35-14-11-22(19-35)32-3/h4-10,17,22-23,25,32H,11-16,18-19H2,1-3H3,(H,33,39)/t22-,25-/m0/s1. The molecule has 0 saturated carbocycles. The number of rotatable bonds is 6. The molecule has 9 heteroatoms. The van der Waals surface area contributed by atoms with Gasteiger partial charge in [-0.1, -0.05) is 30.3 Å². The van der Waals surface area contributed by atoms with Crippen molar-refractivity contribution in [3.63, 3.8) is 0 Å². The first-order valence-electron chi connectivity index (χ1n) is 13.9. The van der Waals surface area contributed by atoms with Crippen LogP contribution in [0.3, 0.4) is 0 Å². The van der Waals surface area contributed by atoms with Gasteiger partial charge in [0.15, 0.2) is 0 Å². The molecule has 5 rings (SSSR count). The van der Waals surface area contributed by atoms with Crippen molar-refractivity contribution >= 4 is 23.5 Å². The van der Waals surface area contributed by atoms with Crippen LogP contribution in [0.5, 0.6) is 0 Å². The van der Waals surface area contributed by atoms with Crippen LogP contribution >= 0.6 is 0 Å². The summed E-state index contributed by atoms with van der Waals surface area (Å²) in [7, 11) is 1.88. The van der Waals surface area contributed by atoms with Crippen LogP contribution in [0.25, 0.3) is 0 Å². The second kappa shape index (κ2) is 11.0. The predicted molar refractivity (Wildman–Crippen MR) is 148 cm³/mol. The van der Waals surface area contributed by atoms with E-state index in [2.05, 4.69) is 10.6 Å². The molecule has 0 aliphatic carbocycles. The maximum absolute atomic E-state index is 13.9. The van der Waals surface area contributed by atoms with Crippen molar-refractivity contribution in [2.24, 2.45) is 0 Å². The third-order valence-corrected chi connectivity index (χ3v) is 8.54. The third kappa shape index (κ3) is 5.37. The van der Waals surface area contributed by atoms with E-state index in [-0.39, 0.29) is 42.2 Å². The van der Waals surface area contributed by atoms with E-state index >= 15 is 0 Å². The van der Waals surface area contributed by atoms with E-state index in [1.807, 2.05) is 50.1 Å². The number of hydrogen-bond acceptors (Lipinski definition) is 4. The molecule has 8 nitrogen and oxygen atoms in total. The lowest BCUT2D eigenvalue weighted by atomic mass is 9.86. The van der Waals surface area contributed by atoms with Crippen LogP contribution in [0.1, 0.15) is 44.2 Å². The molecule has 3 aliphatic rings. The van der Waals surface area contributed by atoms with Crippen LogP contribution < -0.4 is 15.5 Å². The summed E-state index contributed by atoms with van der Waals surface area (Å²) in [5, 5.41) is 6.14. The van der Waals surface area contributed by atoms with E-state index in [1.165, 1.54) is 12.1 Å². The number of nitrogens with zero attached hydrogens (tertiary/aromatic N) is 3. The number of piperidine rings is 1. The molecule has 0 radical (unpaired) electrons. The minimum atomic E-state index is -0.808. The highest BCUT2D eigenvalue weighted by molar-refractivity contribution is 6.08. The number of likely N-dealkylation sites (N-methyl/N-ethyl adjacent to an activating group) is 1. The number of halogens is 1. The molecule has 2 atom stereocenters. The van der Waals surface area contributed by atoms with Gasteiger partial charge >= 0.3 is 6.03 Å². The number of fused-ring (bicyclic) bond motifs is 1. The van der Waals surface area contributed by atoms with Crippen LogP contribution in [0.4, 0.5) is 14.9 Å². The number of benzene rings is 2. The Morgan fingerprint density at radius 2 is 1.74 bits per heavy atom. The molecule has 0 unspecified atom stereocenters. The summed E-state index contributed by atoms with van der Waals surface area (Å²) in [6.07, 6.45) is 2.36. The topological polar surface area (TPSA) is 85.0 Å². The first kappa shape index (κ1) is 27.1. The lowest BCUT2D eigenvalue weighted by molar-refractivity contribution is -0.134. The molecule has 208 valence electrons. The van der Waals surface area contributed by atoms with Gasteiger partial charge in [-0.15, -0.1) is 0 Å². The average molecular weight is 536 g/mol. The number of urea groups is 1. The molecule has 39 heavy (non-hydrogen) atoms. The fraction of sp³-hybridized carbons (Fsp3) is 0.500. The summed E-state index contributed by atoms with van der Waals surface area (Å²) in [6, 6.07) is 13.2. The fourth-order valence-electron chi connectivity index (χ4n) is 6.19.